The van der Waals surface area contributed by atoms with E-state index in [1.54, 1.807) is 0 Å². The Kier molecular flexibility index (Phi) is 5.73. The van der Waals surface area contributed by atoms with E-state index in [1.165, 1.54) is 6.20 Å². The van der Waals surface area contributed by atoms with Gasteiger partial charge in [-0.15, -0.1) is 0 Å². The summed E-state index contributed by atoms with van der Waals surface area (Å²) in [6.45, 7) is 7.42. The number of hydrogen-bond donors (Lipinski definition) is 2. The molecular formula is C24H31F3N6O2. The first-order valence-electron chi connectivity index (χ1n) is 12.0. The number of ether oxygens (including phenoxy) is 1. The van der Waals surface area contributed by atoms with E-state index in [2.05, 4.69) is 29.2 Å². The lowest BCUT2D eigenvalue weighted by atomic mass is 9.82. The van der Waals surface area contributed by atoms with E-state index in [1.807, 2.05) is 15.6 Å². The second-order valence-electron chi connectivity index (χ2n) is 10.5. The van der Waals surface area contributed by atoms with Crippen LogP contribution in [-0.2, 0) is 22.9 Å². The molecule has 35 heavy (non-hydrogen) atoms. The maximum Gasteiger partial charge on any atom is 0.419 e. The summed E-state index contributed by atoms with van der Waals surface area (Å²) in [6.07, 6.45) is 0.217. The highest BCUT2D eigenvalue weighted by Gasteiger charge is 2.47. The van der Waals surface area contributed by atoms with Gasteiger partial charge in [0.1, 0.15) is 5.82 Å². The number of pyridine rings is 1. The van der Waals surface area contributed by atoms with Gasteiger partial charge in [0, 0.05) is 61.3 Å². The molecule has 3 N–H and O–H groups in total. The number of alkyl halides is 3. The molecule has 5 rings (SSSR count). The molecule has 11 heteroatoms. The number of nitrogens with zero attached hydrogens (tertiary/aromatic N) is 4. The van der Waals surface area contributed by atoms with E-state index in [-0.39, 0.29) is 22.5 Å². The maximum absolute atomic E-state index is 13.3. The lowest BCUT2D eigenvalue weighted by Crippen LogP contribution is -2.54. The third-order valence-corrected chi connectivity index (χ3v) is 7.96. The van der Waals surface area contributed by atoms with Crippen LogP contribution in [0.2, 0.25) is 0 Å². The number of anilines is 1. The monoisotopic (exact) mass is 492 g/mol. The Labute approximate surface area is 202 Å². The van der Waals surface area contributed by atoms with Gasteiger partial charge < -0.3 is 20.7 Å². The van der Waals surface area contributed by atoms with E-state index in [0.29, 0.717) is 31.2 Å². The summed E-state index contributed by atoms with van der Waals surface area (Å²) in [5.74, 6) is -0.187. The number of carbonyl (C=O) groups excluding carboxylic acids is 1. The molecule has 2 saturated heterocycles. The quantitative estimate of drug-likeness (QED) is 0.679. The van der Waals surface area contributed by atoms with E-state index >= 15 is 0 Å². The molecule has 0 saturated carbocycles. The number of nitrogen functional groups attached to an aromatic ring is 1. The van der Waals surface area contributed by atoms with E-state index in [4.69, 9.17) is 10.5 Å². The minimum Gasteiger partial charge on any atom is -0.383 e. The van der Waals surface area contributed by atoms with Crippen LogP contribution in [0, 0.1) is 5.92 Å². The number of likely N-dealkylation sites (tertiary alicyclic amines) is 1. The second-order valence-corrected chi connectivity index (χ2v) is 10.5. The summed E-state index contributed by atoms with van der Waals surface area (Å²) in [7, 11) is 0. The highest BCUT2D eigenvalue weighted by atomic mass is 19.4. The summed E-state index contributed by atoms with van der Waals surface area (Å²) in [6, 6.07) is 2.77. The Morgan fingerprint density at radius 2 is 1.91 bits per heavy atom. The molecule has 8 nitrogen and oxygen atoms in total. The standard InChI is InChI=1S/C24H31F3N6O2/c1-22(2,16-3-9-35-10-4-16)30-21(34)32-7-5-23(14-32)6-8-33-19(23)12-18(31-33)15-11-17(24(25,26)27)20(28)29-13-15/h11-13,16H,3-10,14H2,1-2H3,(H2,28,29)(H,30,34). The zero-order valence-electron chi connectivity index (χ0n) is 20.0. The minimum absolute atomic E-state index is 0.0749. The lowest BCUT2D eigenvalue weighted by molar-refractivity contribution is -0.137. The predicted molar refractivity (Wildman–Crippen MR) is 124 cm³/mol. The summed E-state index contributed by atoms with van der Waals surface area (Å²) in [5.41, 5.74) is 5.56. The molecule has 2 fully saturated rings. The van der Waals surface area contributed by atoms with E-state index < -0.39 is 17.6 Å². The average Bonchev–Trinajstić information content (AvgIpc) is 3.51. The van der Waals surface area contributed by atoms with Crippen LogP contribution in [0.25, 0.3) is 11.3 Å². The molecule has 2 aromatic rings. The number of fused-ring (bicyclic) bond motifs is 2. The zero-order chi connectivity index (χ0) is 25.0. The number of hydrogen-bond acceptors (Lipinski definition) is 5. The summed E-state index contributed by atoms with van der Waals surface area (Å²) in [4.78, 5) is 18.8. The summed E-state index contributed by atoms with van der Waals surface area (Å²) in [5, 5.41) is 7.80. The van der Waals surface area contributed by atoms with Crippen LogP contribution in [0.1, 0.15) is 50.8 Å². The number of nitrogens with two attached hydrogens (primary N) is 1. The van der Waals surface area contributed by atoms with Crippen molar-refractivity contribution in [1.82, 2.24) is 25.0 Å². The third kappa shape index (κ3) is 4.34. The normalized spacial score (nSPS) is 23.2. The van der Waals surface area contributed by atoms with Crippen LogP contribution in [0.15, 0.2) is 18.3 Å². The molecule has 1 spiro atoms. The summed E-state index contributed by atoms with van der Waals surface area (Å²) >= 11 is 0. The smallest absolute Gasteiger partial charge is 0.383 e. The Morgan fingerprint density at radius 1 is 1.20 bits per heavy atom. The van der Waals surface area contributed by atoms with Gasteiger partial charge >= 0.3 is 12.2 Å². The molecule has 5 heterocycles. The molecule has 1 unspecified atom stereocenters. The number of rotatable bonds is 3. The van der Waals surface area contributed by atoms with Crippen molar-refractivity contribution in [3.63, 3.8) is 0 Å². The van der Waals surface area contributed by atoms with Crippen molar-refractivity contribution in [2.45, 2.75) is 63.2 Å². The van der Waals surface area contributed by atoms with Gasteiger partial charge in [-0.1, -0.05) is 0 Å². The molecule has 2 amide bonds. The molecule has 3 aliphatic heterocycles. The molecule has 190 valence electrons. The number of carbonyl (C=O) groups is 1. The van der Waals surface area contributed by atoms with Crippen molar-refractivity contribution in [2.75, 3.05) is 32.0 Å². The zero-order valence-corrected chi connectivity index (χ0v) is 20.0. The Bertz CT molecular complexity index is 1120. The van der Waals surface area contributed by atoms with Crippen molar-refractivity contribution in [3.05, 3.63) is 29.6 Å². The maximum atomic E-state index is 13.3. The van der Waals surface area contributed by atoms with Gasteiger partial charge in [-0.2, -0.15) is 18.3 Å². The highest BCUT2D eigenvalue weighted by Crippen LogP contribution is 2.44. The van der Waals surface area contributed by atoms with E-state index in [9.17, 15) is 18.0 Å². The molecular weight excluding hydrogens is 461 g/mol. The fourth-order valence-electron chi connectivity index (χ4n) is 5.78. The van der Waals surface area contributed by atoms with Crippen LogP contribution in [0.5, 0.6) is 0 Å². The average molecular weight is 493 g/mol. The topological polar surface area (TPSA) is 98.3 Å². The molecule has 1 atom stereocenters. The van der Waals surface area contributed by atoms with Gasteiger partial charge in [0.05, 0.1) is 11.3 Å². The van der Waals surface area contributed by atoms with Gasteiger partial charge in [0.2, 0.25) is 0 Å². The highest BCUT2D eigenvalue weighted by molar-refractivity contribution is 5.76. The number of nitrogens with one attached hydrogen (secondary N) is 1. The first kappa shape index (κ1) is 23.9. The fourth-order valence-corrected chi connectivity index (χ4v) is 5.78. The molecule has 0 aromatic carbocycles. The van der Waals surface area contributed by atoms with Crippen molar-refractivity contribution in [3.8, 4) is 11.3 Å². The first-order valence-corrected chi connectivity index (χ1v) is 12.0. The van der Waals surface area contributed by atoms with Crippen LogP contribution in [0.3, 0.4) is 0 Å². The first-order chi connectivity index (χ1) is 16.5. The van der Waals surface area contributed by atoms with Gasteiger partial charge in [0.25, 0.3) is 0 Å². The SMILES string of the molecule is CC(C)(NC(=O)N1CCC2(CCn3nc(-c4cnc(N)c(C(F)(F)F)c4)cc32)C1)C1CCOCC1. The second kappa shape index (κ2) is 8.39. The number of halogens is 3. The van der Waals surface area contributed by atoms with Gasteiger partial charge in [0.15, 0.2) is 0 Å². The van der Waals surface area contributed by atoms with Gasteiger partial charge in [-0.25, -0.2) is 9.78 Å². The van der Waals surface area contributed by atoms with Crippen LogP contribution in [0.4, 0.5) is 23.8 Å². The molecule has 0 radical (unpaired) electrons. The van der Waals surface area contributed by atoms with Crippen molar-refractivity contribution in [2.24, 2.45) is 5.92 Å². The predicted octanol–water partition coefficient (Wildman–Crippen LogP) is 3.81. The van der Waals surface area contributed by atoms with Crippen molar-refractivity contribution >= 4 is 11.8 Å². The summed E-state index contributed by atoms with van der Waals surface area (Å²) < 4.78 is 47.2. The fraction of sp³-hybridized carbons (Fsp3) is 0.625. The lowest BCUT2D eigenvalue weighted by Gasteiger charge is -2.38. The molecule has 0 bridgehead atoms. The Balaban J connectivity index is 1.33. The Hall–Kier alpha value is -2.82. The number of aromatic nitrogens is 3. The van der Waals surface area contributed by atoms with Crippen LogP contribution >= 0.6 is 0 Å². The third-order valence-electron chi connectivity index (χ3n) is 7.96. The van der Waals surface area contributed by atoms with E-state index in [0.717, 1.165) is 50.7 Å². The van der Waals surface area contributed by atoms with Crippen molar-refractivity contribution in [1.29, 1.82) is 0 Å². The number of urea groups is 1. The molecule has 2 aromatic heterocycles. The Morgan fingerprint density at radius 3 is 2.63 bits per heavy atom. The molecule has 3 aliphatic rings. The largest absolute Gasteiger partial charge is 0.419 e. The van der Waals surface area contributed by atoms with Gasteiger partial charge in [-0.05, 0) is 57.6 Å². The molecule has 0 aliphatic carbocycles. The van der Waals surface area contributed by atoms with Crippen molar-refractivity contribution < 1.29 is 22.7 Å². The van der Waals surface area contributed by atoms with Crippen LogP contribution < -0.4 is 11.1 Å². The minimum atomic E-state index is -4.59. The number of aryl methyl sites for hydroxylation is 1. The van der Waals surface area contributed by atoms with Crippen LogP contribution in [-0.4, -0.2) is 57.5 Å². The number of amides is 2. The van der Waals surface area contributed by atoms with Gasteiger partial charge in [-0.3, -0.25) is 4.68 Å².